The molecule has 0 bridgehead atoms. The van der Waals surface area contributed by atoms with Crippen LogP contribution in [-0.2, 0) is 10.3 Å². The number of carbonyl (C=O) groups excluding carboxylic acids is 2. The van der Waals surface area contributed by atoms with Crippen molar-refractivity contribution in [2.45, 2.75) is 18.9 Å². The molecule has 0 saturated carbocycles. The number of nitrogens with two attached hydrogens (primary N) is 1. The Morgan fingerprint density at radius 1 is 1.14 bits per heavy atom. The number of aromatic nitrogens is 1. The predicted octanol–water partition coefficient (Wildman–Crippen LogP) is 2.88. The first-order valence-corrected chi connectivity index (χ1v) is 9.25. The Labute approximate surface area is 168 Å². The summed E-state index contributed by atoms with van der Waals surface area (Å²) in [5.74, 6) is -0.228. The Bertz CT molecular complexity index is 1160. The molecule has 4 rings (SSSR count). The molecule has 0 spiro atoms. The van der Waals surface area contributed by atoms with E-state index in [4.69, 9.17) is 5.73 Å². The fourth-order valence-corrected chi connectivity index (χ4v) is 3.39. The van der Waals surface area contributed by atoms with E-state index in [9.17, 15) is 9.59 Å². The van der Waals surface area contributed by atoms with E-state index >= 15 is 0 Å². The van der Waals surface area contributed by atoms with Gasteiger partial charge >= 0.3 is 0 Å². The number of benzene rings is 2. The largest absolute Gasteiger partial charge is 0.369 e. The highest BCUT2D eigenvalue weighted by molar-refractivity contribution is 6.04. The van der Waals surface area contributed by atoms with Gasteiger partial charge < -0.3 is 11.1 Å². The van der Waals surface area contributed by atoms with Crippen LogP contribution in [0.3, 0.4) is 0 Å². The van der Waals surface area contributed by atoms with E-state index in [1.54, 1.807) is 19.2 Å². The van der Waals surface area contributed by atoms with Gasteiger partial charge in [-0.15, -0.1) is 0 Å². The van der Waals surface area contributed by atoms with Crippen LogP contribution in [0.25, 0.3) is 10.9 Å². The molecule has 0 aliphatic carbocycles. The van der Waals surface area contributed by atoms with Crippen molar-refractivity contribution in [3.05, 3.63) is 71.9 Å². The number of para-hydroxylation sites is 1. The van der Waals surface area contributed by atoms with Gasteiger partial charge in [0.15, 0.2) is 5.96 Å². The molecule has 3 aromatic rings. The first-order chi connectivity index (χ1) is 13.9. The summed E-state index contributed by atoms with van der Waals surface area (Å²) in [7, 11) is 1.61. The van der Waals surface area contributed by atoms with Gasteiger partial charge in [-0.25, -0.2) is 9.98 Å². The second-order valence-electron chi connectivity index (χ2n) is 7.30. The maximum atomic E-state index is 12.7. The van der Waals surface area contributed by atoms with Crippen molar-refractivity contribution in [1.29, 1.82) is 0 Å². The number of nitrogens with one attached hydrogen (secondary N) is 1. The van der Waals surface area contributed by atoms with Gasteiger partial charge in [-0.2, -0.15) is 0 Å². The van der Waals surface area contributed by atoms with Crippen LogP contribution in [0.1, 0.15) is 29.4 Å². The zero-order valence-corrected chi connectivity index (χ0v) is 16.2. The smallest absolute Gasteiger partial charge is 0.274 e. The lowest BCUT2D eigenvalue weighted by molar-refractivity contribution is -0.128. The van der Waals surface area contributed by atoms with Gasteiger partial charge in [0, 0.05) is 18.1 Å². The van der Waals surface area contributed by atoms with E-state index in [1.165, 1.54) is 4.90 Å². The van der Waals surface area contributed by atoms with Crippen LogP contribution < -0.4 is 11.1 Å². The summed E-state index contributed by atoms with van der Waals surface area (Å²) in [6, 6.07) is 18.5. The SMILES string of the molecule is CN1C(=O)CC(C)(c2cccc(NC(=O)c3ccc4ccccc4n3)c2)N=C1N. The molecule has 7 heteroatoms. The minimum atomic E-state index is -0.782. The van der Waals surface area contributed by atoms with Crippen LogP contribution >= 0.6 is 0 Å². The van der Waals surface area contributed by atoms with Gasteiger partial charge in [0.05, 0.1) is 17.5 Å². The molecular formula is C22H21N5O2. The van der Waals surface area contributed by atoms with Crippen molar-refractivity contribution in [1.82, 2.24) is 9.88 Å². The highest BCUT2D eigenvalue weighted by Gasteiger charge is 2.36. The van der Waals surface area contributed by atoms with E-state index in [0.29, 0.717) is 11.4 Å². The maximum Gasteiger partial charge on any atom is 0.274 e. The molecule has 1 aliphatic heterocycles. The lowest BCUT2D eigenvalue weighted by Crippen LogP contribution is -2.47. The average Bonchev–Trinajstić information content (AvgIpc) is 2.72. The molecular weight excluding hydrogens is 366 g/mol. The number of pyridine rings is 1. The van der Waals surface area contributed by atoms with Gasteiger partial charge in [0.2, 0.25) is 5.91 Å². The normalized spacial score (nSPS) is 19.2. The van der Waals surface area contributed by atoms with E-state index in [2.05, 4.69) is 15.3 Å². The number of guanidine groups is 1. The zero-order valence-electron chi connectivity index (χ0n) is 16.2. The van der Waals surface area contributed by atoms with Crippen molar-refractivity contribution < 1.29 is 9.59 Å². The number of hydrogen-bond donors (Lipinski definition) is 2. The van der Waals surface area contributed by atoms with E-state index in [-0.39, 0.29) is 24.2 Å². The molecule has 7 nitrogen and oxygen atoms in total. The molecule has 1 atom stereocenters. The Hall–Kier alpha value is -3.74. The van der Waals surface area contributed by atoms with Crippen molar-refractivity contribution in [3.8, 4) is 0 Å². The van der Waals surface area contributed by atoms with Gasteiger partial charge in [-0.3, -0.25) is 14.5 Å². The van der Waals surface area contributed by atoms with Crippen molar-refractivity contribution >= 4 is 34.4 Å². The number of hydrogen-bond acceptors (Lipinski definition) is 5. The van der Waals surface area contributed by atoms with Crippen LogP contribution in [0, 0.1) is 0 Å². The van der Waals surface area contributed by atoms with E-state index < -0.39 is 5.54 Å². The third-order valence-electron chi connectivity index (χ3n) is 5.15. The molecule has 2 amide bonds. The summed E-state index contributed by atoms with van der Waals surface area (Å²) in [5, 5.41) is 3.85. The monoisotopic (exact) mass is 387 g/mol. The number of aliphatic imine (C=N–C) groups is 1. The molecule has 0 saturated heterocycles. The molecule has 1 unspecified atom stereocenters. The van der Waals surface area contributed by atoms with E-state index in [1.807, 2.05) is 55.5 Å². The molecule has 2 heterocycles. The number of rotatable bonds is 3. The standard InChI is InChI=1S/C22H21N5O2/c1-22(13-19(28)27(2)21(23)26-22)15-7-5-8-16(12-15)24-20(29)18-11-10-14-6-3-4-9-17(14)25-18/h3-12H,13H2,1-2H3,(H2,23,26)(H,24,29). The van der Waals surface area contributed by atoms with Crippen molar-refractivity contribution in [2.24, 2.45) is 10.7 Å². The molecule has 1 aliphatic rings. The van der Waals surface area contributed by atoms with Crippen LogP contribution in [0.2, 0.25) is 0 Å². The summed E-state index contributed by atoms with van der Waals surface area (Å²) in [6.07, 6.45) is 0.202. The number of carbonyl (C=O) groups is 2. The van der Waals surface area contributed by atoms with Crippen LogP contribution in [0.4, 0.5) is 5.69 Å². The average molecular weight is 387 g/mol. The molecule has 2 aromatic carbocycles. The summed E-state index contributed by atoms with van der Waals surface area (Å²) in [5.41, 5.74) is 7.61. The third-order valence-corrected chi connectivity index (χ3v) is 5.15. The first-order valence-electron chi connectivity index (χ1n) is 9.25. The molecule has 0 radical (unpaired) electrons. The second-order valence-corrected chi connectivity index (χ2v) is 7.30. The topological polar surface area (TPSA) is 101 Å². The van der Waals surface area contributed by atoms with Crippen molar-refractivity contribution in [2.75, 3.05) is 12.4 Å². The van der Waals surface area contributed by atoms with Gasteiger partial charge in [0.1, 0.15) is 5.69 Å². The molecule has 146 valence electrons. The Balaban J connectivity index is 1.60. The van der Waals surface area contributed by atoms with Crippen LogP contribution in [-0.4, -0.2) is 34.7 Å². The summed E-state index contributed by atoms with van der Waals surface area (Å²) < 4.78 is 0. The summed E-state index contributed by atoms with van der Waals surface area (Å²) in [4.78, 5) is 35.2. The number of amides is 2. The van der Waals surface area contributed by atoms with Gasteiger partial charge in [-0.1, -0.05) is 36.4 Å². The predicted molar refractivity (Wildman–Crippen MR) is 112 cm³/mol. The number of anilines is 1. The lowest BCUT2D eigenvalue weighted by atomic mass is 9.87. The minimum absolute atomic E-state index is 0.102. The summed E-state index contributed by atoms with van der Waals surface area (Å²) >= 11 is 0. The fraction of sp³-hybridized carbons (Fsp3) is 0.182. The number of fused-ring (bicyclic) bond motifs is 1. The molecule has 3 N–H and O–H groups in total. The third kappa shape index (κ3) is 3.54. The molecule has 29 heavy (non-hydrogen) atoms. The Kier molecular flexibility index (Phi) is 4.50. The lowest BCUT2D eigenvalue weighted by Gasteiger charge is -2.33. The molecule has 0 fully saturated rings. The van der Waals surface area contributed by atoms with Gasteiger partial charge in [-0.05, 0) is 36.8 Å². The van der Waals surface area contributed by atoms with E-state index in [0.717, 1.165) is 16.5 Å². The maximum absolute atomic E-state index is 12.7. The fourth-order valence-electron chi connectivity index (χ4n) is 3.39. The minimum Gasteiger partial charge on any atom is -0.369 e. The van der Waals surface area contributed by atoms with Crippen molar-refractivity contribution in [3.63, 3.8) is 0 Å². The second kappa shape index (κ2) is 7.01. The highest BCUT2D eigenvalue weighted by atomic mass is 16.2. The molecule has 1 aromatic heterocycles. The Morgan fingerprint density at radius 3 is 2.72 bits per heavy atom. The highest BCUT2D eigenvalue weighted by Crippen LogP contribution is 2.34. The quantitative estimate of drug-likeness (QED) is 0.721. The zero-order chi connectivity index (χ0) is 20.6. The summed E-state index contributed by atoms with van der Waals surface area (Å²) in [6.45, 7) is 1.86. The number of nitrogens with zero attached hydrogens (tertiary/aromatic N) is 3. The first kappa shape index (κ1) is 18.6. The van der Waals surface area contributed by atoms with Gasteiger partial charge in [0.25, 0.3) is 5.91 Å². The Morgan fingerprint density at radius 2 is 1.93 bits per heavy atom. The van der Waals surface area contributed by atoms with Crippen LogP contribution in [0.5, 0.6) is 0 Å². The van der Waals surface area contributed by atoms with Crippen LogP contribution in [0.15, 0.2) is 65.7 Å².